The second-order valence-corrected chi connectivity index (χ2v) is 5.75. The van der Waals surface area contributed by atoms with Crippen molar-refractivity contribution >= 4 is 12.6 Å². The van der Waals surface area contributed by atoms with Crippen LogP contribution in [-0.2, 0) is 6.54 Å². The molecule has 0 aromatic heterocycles. The van der Waals surface area contributed by atoms with E-state index in [4.69, 9.17) is 4.74 Å². The third-order valence-electron chi connectivity index (χ3n) is 4.33. The summed E-state index contributed by atoms with van der Waals surface area (Å²) in [6, 6.07) is 6.43. The molecule has 2 N–H and O–H groups in total. The van der Waals surface area contributed by atoms with Gasteiger partial charge >= 0.3 is 7.12 Å². The molecule has 0 unspecified atom stereocenters. The molecule has 4 nitrogen and oxygen atoms in total. The summed E-state index contributed by atoms with van der Waals surface area (Å²) in [6.45, 7) is 5.30. The van der Waals surface area contributed by atoms with Crippen LogP contribution in [0.25, 0.3) is 0 Å². The Hall–Kier alpha value is -1.04. The van der Waals surface area contributed by atoms with E-state index in [0.29, 0.717) is 17.5 Å². The predicted octanol–water partition coefficient (Wildman–Crippen LogP) is 1.14. The van der Waals surface area contributed by atoms with E-state index in [1.165, 1.54) is 19.3 Å². The van der Waals surface area contributed by atoms with Crippen LogP contribution in [-0.4, -0.2) is 41.3 Å². The third kappa shape index (κ3) is 3.34. The van der Waals surface area contributed by atoms with Gasteiger partial charge in [-0.15, -0.1) is 0 Å². The fourth-order valence-corrected chi connectivity index (χ4v) is 3.07. The highest BCUT2D eigenvalue weighted by Crippen LogP contribution is 2.27. The van der Waals surface area contributed by atoms with Crippen LogP contribution in [0.5, 0.6) is 5.75 Å². The maximum atomic E-state index is 9.32. The zero-order chi connectivity index (χ0) is 14.7. The normalized spacial score (nSPS) is 23.6. The van der Waals surface area contributed by atoms with Gasteiger partial charge in [-0.05, 0) is 38.2 Å². The molecule has 0 radical (unpaired) electrons. The maximum Gasteiger partial charge on any atom is 0.488 e. The van der Waals surface area contributed by atoms with Crippen molar-refractivity contribution in [3.63, 3.8) is 0 Å². The van der Waals surface area contributed by atoms with E-state index in [-0.39, 0.29) is 0 Å². The summed E-state index contributed by atoms with van der Waals surface area (Å²) >= 11 is 0. The number of ether oxygens (including phenoxy) is 1. The second-order valence-electron chi connectivity index (χ2n) is 5.75. The molecule has 110 valence electrons. The van der Waals surface area contributed by atoms with Gasteiger partial charge in [-0.3, -0.25) is 4.90 Å². The van der Waals surface area contributed by atoms with E-state index < -0.39 is 7.12 Å². The Labute approximate surface area is 121 Å². The maximum absolute atomic E-state index is 9.32. The van der Waals surface area contributed by atoms with Crippen molar-refractivity contribution in [2.75, 3.05) is 7.11 Å². The molecular formula is C15H24BNO3. The molecule has 0 bridgehead atoms. The molecule has 1 aliphatic heterocycles. The average Bonchev–Trinajstić information content (AvgIpc) is 2.42. The topological polar surface area (TPSA) is 52.9 Å². The van der Waals surface area contributed by atoms with Gasteiger partial charge < -0.3 is 14.8 Å². The first kappa shape index (κ1) is 15.4. The van der Waals surface area contributed by atoms with E-state index in [9.17, 15) is 10.0 Å². The molecular weight excluding hydrogens is 253 g/mol. The molecule has 2 rings (SSSR count). The lowest BCUT2D eigenvalue weighted by molar-refractivity contribution is 0.0943. The van der Waals surface area contributed by atoms with Gasteiger partial charge in [-0.1, -0.05) is 18.6 Å². The molecule has 1 heterocycles. The molecule has 5 heteroatoms. The molecule has 0 saturated carbocycles. The first-order valence-corrected chi connectivity index (χ1v) is 7.31. The SMILES string of the molecule is COc1ccc(B(O)O)cc1CN1[C@H](C)CCC[C@@H]1C. The Morgan fingerprint density at radius 2 is 1.90 bits per heavy atom. The van der Waals surface area contributed by atoms with Crippen LogP contribution < -0.4 is 10.2 Å². The van der Waals surface area contributed by atoms with Crippen LogP contribution in [0, 0.1) is 0 Å². The standard InChI is InChI=1S/C15H24BNO3/c1-11-5-4-6-12(2)17(11)10-13-9-14(16(18)19)7-8-15(13)20-3/h7-9,11-12,18-19H,4-6,10H2,1-3H3/t11-,12+. The number of likely N-dealkylation sites (tertiary alicyclic amines) is 1. The minimum atomic E-state index is -1.43. The van der Waals surface area contributed by atoms with Crippen molar-refractivity contribution < 1.29 is 14.8 Å². The van der Waals surface area contributed by atoms with Gasteiger partial charge in [0.25, 0.3) is 0 Å². The van der Waals surface area contributed by atoms with Gasteiger partial charge in [-0.2, -0.15) is 0 Å². The van der Waals surface area contributed by atoms with Gasteiger partial charge in [0.2, 0.25) is 0 Å². The van der Waals surface area contributed by atoms with Crippen molar-refractivity contribution in [3.8, 4) is 5.75 Å². The van der Waals surface area contributed by atoms with Gasteiger partial charge in [0.15, 0.2) is 0 Å². The van der Waals surface area contributed by atoms with Crippen LogP contribution in [0.4, 0.5) is 0 Å². The monoisotopic (exact) mass is 277 g/mol. The summed E-state index contributed by atoms with van der Waals surface area (Å²) in [5, 5.41) is 18.6. The van der Waals surface area contributed by atoms with Crippen molar-refractivity contribution in [2.24, 2.45) is 0 Å². The molecule has 20 heavy (non-hydrogen) atoms. The highest BCUT2D eigenvalue weighted by molar-refractivity contribution is 6.58. The van der Waals surface area contributed by atoms with E-state index in [1.807, 2.05) is 12.1 Å². The van der Waals surface area contributed by atoms with Crippen molar-refractivity contribution in [1.29, 1.82) is 0 Å². The number of benzene rings is 1. The van der Waals surface area contributed by atoms with Crippen LogP contribution in [0.1, 0.15) is 38.7 Å². The third-order valence-corrected chi connectivity index (χ3v) is 4.33. The molecule has 1 aromatic rings. The summed E-state index contributed by atoms with van der Waals surface area (Å²) in [5.74, 6) is 0.805. The molecule has 1 fully saturated rings. The number of piperidine rings is 1. The fourth-order valence-electron chi connectivity index (χ4n) is 3.07. The molecule has 1 aliphatic rings. The average molecular weight is 277 g/mol. The van der Waals surface area contributed by atoms with Gasteiger partial charge in [-0.25, -0.2) is 0 Å². The molecule has 1 saturated heterocycles. The van der Waals surface area contributed by atoms with Gasteiger partial charge in [0, 0.05) is 24.2 Å². The number of methoxy groups -OCH3 is 1. The Bertz CT molecular complexity index is 443. The number of rotatable bonds is 4. The first-order chi connectivity index (χ1) is 9.52. The minimum Gasteiger partial charge on any atom is -0.496 e. The van der Waals surface area contributed by atoms with Gasteiger partial charge in [0.1, 0.15) is 5.75 Å². The Balaban J connectivity index is 2.24. The fraction of sp³-hybridized carbons (Fsp3) is 0.600. The zero-order valence-electron chi connectivity index (χ0n) is 12.5. The Kier molecular flexibility index (Phi) is 5.08. The largest absolute Gasteiger partial charge is 0.496 e. The Morgan fingerprint density at radius 3 is 2.45 bits per heavy atom. The van der Waals surface area contributed by atoms with Crippen molar-refractivity contribution in [3.05, 3.63) is 23.8 Å². The van der Waals surface area contributed by atoms with Crippen LogP contribution >= 0.6 is 0 Å². The smallest absolute Gasteiger partial charge is 0.488 e. The quantitative estimate of drug-likeness (QED) is 0.810. The minimum absolute atomic E-state index is 0.512. The Morgan fingerprint density at radius 1 is 1.25 bits per heavy atom. The second kappa shape index (κ2) is 6.61. The highest BCUT2D eigenvalue weighted by atomic mass is 16.5. The summed E-state index contributed by atoms with van der Waals surface area (Å²) < 4.78 is 5.40. The van der Waals surface area contributed by atoms with E-state index in [2.05, 4.69) is 18.7 Å². The molecule has 0 amide bonds. The lowest BCUT2D eigenvalue weighted by Crippen LogP contribution is -2.43. The van der Waals surface area contributed by atoms with Crippen molar-refractivity contribution in [2.45, 2.75) is 51.7 Å². The summed E-state index contributed by atoms with van der Waals surface area (Å²) in [7, 11) is 0.215. The highest BCUT2D eigenvalue weighted by Gasteiger charge is 2.26. The zero-order valence-corrected chi connectivity index (χ0v) is 12.5. The molecule has 2 atom stereocenters. The van der Waals surface area contributed by atoms with E-state index >= 15 is 0 Å². The predicted molar refractivity (Wildman–Crippen MR) is 81.1 cm³/mol. The first-order valence-electron chi connectivity index (χ1n) is 7.31. The molecule has 1 aromatic carbocycles. The summed E-state index contributed by atoms with van der Waals surface area (Å²) in [4.78, 5) is 2.47. The number of hydrogen-bond acceptors (Lipinski definition) is 4. The lowest BCUT2D eigenvalue weighted by atomic mass is 9.79. The van der Waals surface area contributed by atoms with E-state index in [1.54, 1.807) is 13.2 Å². The molecule has 0 spiro atoms. The van der Waals surface area contributed by atoms with Crippen LogP contribution in [0.3, 0.4) is 0 Å². The van der Waals surface area contributed by atoms with E-state index in [0.717, 1.165) is 17.9 Å². The van der Waals surface area contributed by atoms with Gasteiger partial charge in [0.05, 0.1) is 7.11 Å². The van der Waals surface area contributed by atoms with Crippen LogP contribution in [0.2, 0.25) is 0 Å². The summed E-state index contributed by atoms with van der Waals surface area (Å²) in [5.41, 5.74) is 1.52. The summed E-state index contributed by atoms with van der Waals surface area (Å²) in [6.07, 6.45) is 3.72. The number of hydrogen-bond donors (Lipinski definition) is 2. The lowest BCUT2D eigenvalue weighted by Gasteiger charge is -2.39. The van der Waals surface area contributed by atoms with Crippen LogP contribution in [0.15, 0.2) is 18.2 Å². The number of nitrogens with zero attached hydrogens (tertiary/aromatic N) is 1. The van der Waals surface area contributed by atoms with Crippen molar-refractivity contribution in [1.82, 2.24) is 4.90 Å². The molecule has 0 aliphatic carbocycles.